The maximum Gasteiger partial charge on any atom is 0.276 e. The molecular formula is C42H41Cl2N7O2. The number of hydrogen-bond donors (Lipinski definition) is 0. The molecule has 0 saturated heterocycles. The number of benzene rings is 3. The van der Waals surface area contributed by atoms with Crippen LogP contribution in [-0.4, -0.2) is 47.1 Å². The maximum atomic E-state index is 15.2. The van der Waals surface area contributed by atoms with Crippen LogP contribution < -0.4 is 9.64 Å². The summed E-state index contributed by atoms with van der Waals surface area (Å²) in [5.41, 5.74) is 11.4. The highest BCUT2D eigenvalue weighted by Gasteiger charge is 2.42. The van der Waals surface area contributed by atoms with Crippen molar-refractivity contribution in [3.05, 3.63) is 112 Å². The maximum absolute atomic E-state index is 15.2. The molecule has 1 aliphatic rings. The monoisotopic (exact) mass is 745 g/mol. The van der Waals surface area contributed by atoms with Gasteiger partial charge in [0.1, 0.15) is 16.9 Å². The van der Waals surface area contributed by atoms with E-state index in [0.717, 1.165) is 88.7 Å². The third-order valence-corrected chi connectivity index (χ3v) is 11.9. The van der Waals surface area contributed by atoms with Gasteiger partial charge in [0.2, 0.25) is 0 Å². The van der Waals surface area contributed by atoms with Crippen LogP contribution in [-0.2, 0) is 20.5 Å². The summed E-state index contributed by atoms with van der Waals surface area (Å²) in [6.45, 7) is 10.7. The normalized spacial score (nSPS) is 15.9. The van der Waals surface area contributed by atoms with Crippen molar-refractivity contribution in [3.63, 3.8) is 0 Å². The molecule has 5 heterocycles. The van der Waals surface area contributed by atoms with Gasteiger partial charge >= 0.3 is 0 Å². The average molecular weight is 747 g/mol. The van der Waals surface area contributed by atoms with E-state index >= 15 is 4.79 Å². The molecule has 4 aromatic heterocycles. The molecule has 0 fully saturated rings. The van der Waals surface area contributed by atoms with Crippen LogP contribution in [0.5, 0.6) is 5.75 Å². The number of amides is 1. The van der Waals surface area contributed by atoms with Crippen molar-refractivity contribution in [2.45, 2.75) is 59.0 Å². The number of halogens is 2. The van der Waals surface area contributed by atoms with Crippen LogP contribution in [0.3, 0.4) is 0 Å². The minimum Gasteiger partial charge on any atom is -0.494 e. The Hall–Kier alpha value is -5.12. The third kappa shape index (κ3) is 5.68. The van der Waals surface area contributed by atoms with Gasteiger partial charge in [-0.1, -0.05) is 47.5 Å². The summed E-state index contributed by atoms with van der Waals surface area (Å²) in [5.74, 6) is 0.651. The summed E-state index contributed by atoms with van der Waals surface area (Å²) >= 11 is 13.9. The number of rotatable bonds is 8. The number of carbonyl (C=O) groups is 1. The summed E-state index contributed by atoms with van der Waals surface area (Å²) in [6.07, 6.45) is 4.99. The molecule has 270 valence electrons. The van der Waals surface area contributed by atoms with Crippen molar-refractivity contribution >= 4 is 56.6 Å². The molecule has 3 aromatic carbocycles. The van der Waals surface area contributed by atoms with Gasteiger partial charge in [0.25, 0.3) is 5.91 Å². The second-order valence-corrected chi connectivity index (χ2v) is 15.0. The summed E-state index contributed by atoms with van der Waals surface area (Å²) in [6, 6.07) is 20.0. The summed E-state index contributed by atoms with van der Waals surface area (Å²) in [5, 5.41) is 15.9. The van der Waals surface area contributed by atoms with Gasteiger partial charge in [0.05, 0.1) is 35.2 Å². The Morgan fingerprint density at radius 2 is 1.72 bits per heavy atom. The fraction of sp³-hybridized carbons (Fsp3) is 0.286. The standard InChI is InChI=1S/C42H41Cl2N7O2/c1-23-19-29(20-24(2)38(23)43)53-18-10-13-31-30-11-8-12-32(37-25(3)47-49(7)26(37)4)39(30)50-27(5)41(44)51(42(52)40(31)50)36-22-48(6)35-16-15-28(21-33(35)36)34-14-9-17-45-46-34/h8-9,11-12,14-17,19-22,27,41H,10,13,18H2,1-7H3/t27?,41-/m0/s1. The van der Waals surface area contributed by atoms with Gasteiger partial charge < -0.3 is 13.9 Å². The lowest BCUT2D eigenvalue weighted by molar-refractivity contribution is 0.0951. The second-order valence-electron chi connectivity index (χ2n) is 14.1. The molecule has 1 aliphatic heterocycles. The highest BCUT2D eigenvalue weighted by molar-refractivity contribution is 6.32. The molecule has 8 rings (SSSR count). The van der Waals surface area contributed by atoms with Crippen LogP contribution in [0.1, 0.15) is 58.0 Å². The molecule has 1 unspecified atom stereocenters. The predicted molar refractivity (Wildman–Crippen MR) is 213 cm³/mol. The zero-order valence-corrected chi connectivity index (χ0v) is 32.4. The summed E-state index contributed by atoms with van der Waals surface area (Å²) < 4.78 is 12.4. The Kier molecular flexibility index (Phi) is 8.82. The molecule has 1 amide bonds. The number of fused-ring (bicyclic) bond motifs is 4. The Morgan fingerprint density at radius 1 is 0.943 bits per heavy atom. The fourth-order valence-corrected chi connectivity index (χ4v) is 8.52. The molecule has 0 radical (unpaired) electrons. The van der Waals surface area contributed by atoms with Crippen LogP contribution in [0.25, 0.3) is 44.2 Å². The lowest BCUT2D eigenvalue weighted by Crippen LogP contribution is -2.47. The molecule has 0 bridgehead atoms. The lowest BCUT2D eigenvalue weighted by atomic mass is 9.98. The first-order valence-corrected chi connectivity index (χ1v) is 18.7. The van der Waals surface area contributed by atoms with Gasteiger partial charge in [-0.05, 0) is 101 Å². The van der Waals surface area contributed by atoms with Crippen molar-refractivity contribution in [2.24, 2.45) is 14.1 Å². The van der Waals surface area contributed by atoms with Crippen LogP contribution in [0.15, 0.2) is 73.1 Å². The number of aromatic nitrogens is 6. The van der Waals surface area contributed by atoms with E-state index in [1.54, 1.807) is 11.1 Å². The van der Waals surface area contributed by atoms with E-state index in [4.69, 9.17) is 33.0 Å². The Morgan fingerprint density at radius 3 is 2.42 bits per heavy atom. The molecular weight excluding hydrogens is 705 g/mol. The van der Waals surface area contributed by atoms with Crippen molar-refractivity contribution in [2.75, 3.05) is 11.5 Å². The smallest absolute Gasteiger partial charge is 0.276 e. The van der Waals surface area contributed by atoms with Crippen molar-refractivity contribution in [1.29, 1.82) is 0 Å². The molecule has 0 saturated carbocycles. The van der Waals surface area contributed by atoms with Crippen LogP contribution in [0, 0.1) is 27.7 Å². The van der Waals surface area contributed by atoms with Crippen LogP contribution in [0.2, 0.25) is 5.02 Å². The number of hydrogen-bond acceptors (Lipinski definition) is 5. The third-order valence-electron chi connectivity index (χ3n) is 10.7. The number of nitrogens with zero attached hydrogens (tertiary/aromatic N) is 7. The molecule has 7 aromatic rings. The van der Waals surface area contributed by atoms with Gasteiger partial charge in [-0.25, -0.2) is 0 Å². The first-order valence-electron chi connectivity index (χ1n) is 17.9. The van der Waals surface area contributed by atoms with E-state index in [2.05, 4.69) is 58.9 Å². The van der Waals surface area contributed by atoms with Crippen molar-refractivity contribution in [3.8, 4) is 28.1 Å². The predicted octanol–water partition coefficient (Wildman–Crippen LogP) is 9.68. The number of alkyl halides is 1. The quantitative estimate of drug-likeness (QED) is 0.0879. The van der Waals surface area contributed by atoms with E-state index in [1.165, 1.54) is 0 Å². The van der Waals surface area contributed by atoms with E-state index < -0.39 is 5.50 Å². The van der Waals surface area contributed by atoms with Crippen LogP contribution in [0.4, 0.5) is 5.69 Å². The van der Waals surface area contributed by atoms with Gasteiger partial charge in [-0.2, -0.15) is 15.3 Å². The SMILES string of the molecule is Cc1cc(OCCCc2c3n(c4c(-c5c(C)nn(C)c5C)cccc24)C(C)[C@@H](Cl)N(c2cn(C)c4ccc(-c5cccnn5)cc24)C3=O)cc(C)c1Cl. The van der Waals surface area contributed by atoms with Crippen molar-refractivity contribution < 1.29 is 9.53 Å². The van der Waals surface area contributed by atoms with Gasteiger partial charge in [0.15, 0.2) is 0 Å². The molecule has 0 spiro atoms. The minimum absolute atomic E-state index is 0.137. The van der Waals surface area contributed by atoms with E-state index in [0.29, 0.717) is 25.1 Å². The fourth-order valence-electron chi connectivity index (χ4n) is 8.10. The van der Waals surface area contributed by atoms with E-state index in [1.807, 2.05) is 80.6 Å². The highest BCUT2D eigenvalue weighted by atomic mass is 35.5. The highest BCUT2D eigenvalue weighted by Crippen LogP contribution is 2.46. The van der Waals surface area contributed by atoms with Gasteiger partial charge in [-0.15, -0.1) is 0 Å². The first kappa shape index (κ1) is 34.9. The topological polar surface area (TPSA) is 83.0 Å². The number of carbonyl (C=O) groups excluding carboxylic acids is 1. The number of para-hydroxylation sites is 1. The number of ether oxygens (including phenoxy) is 1. The van der Waals surface area contributed by atoms with Crippen molar-refractivity contribution in [1.82, 2.24) is 29.1 Å². The number of aryl methyl sites for hydroxylation is 6. The Bertz CT molecular complexity index is 2540. The zero-order valence-electron chi connectivity index (χ0n) is 30.9. The van der Waals surface area contributed by atoms with Gasteiger partial charge in [0, 0.05) is 70.2 Å². The second kappa shape index (κ2) is 13.4. The van der Waals surface area contributed by atoms with E-state index in [9.17, 15) is 0 Å². The molecule has 11 heteroatoms. The molecule has 0 N–H and O–H groups in total. The molecule has 0 aliphatic carbocycles. The average Bonchev–Trinajstić information content (AvgIpc) is 3.75. The summed E-state index contributed by atoms with van der Waals surface area (Å²) in [7, 11) is 3.96. The molecule has 9 nitrogen and oxygen atoms in total. The van der Waals surface area contributed by atoms with E-state index in [-0.39, 0.29) is 11.9 Å². The molecule has 2 atom stereocenters. The Balaban J connectivity index is 1.27. The first-order chi connectivity index (χ1) is 25.5. The lowest BCUT2D eigenvalue weighted by Gasteiger charge is -2.38. The number of anilines is 1. The zero-order chi connectivity index (χ0) is 37.3. The largest absolute Gasteiger partial charge is 0.494 e. The summed E-state index contributed by atoms with van der Waals surface area (Å²) in [4.78, 5) is 17.0. The minimum atomic E-state index is -0.673. The molecule has 53 heavy (non-hydrogen) atoms. The Labute approximate surface area is 318 Å². The van der Waals surface area contributed by atoms with Crippen LogP contribution >= 0.6 is 23.2 Å². The van der Waals surface area contributed by atoms with Gasteiger partial charge in [-0.3, -0.25) is 14.4 Å².